The number of hydrogen-bond donors (Lipinski definition) is 0. The molecule has 22 rings (SSSR count). The zero-order valence-corrected chi connectivity index (χ0v) is 52.9. The molecule has 444 valence electrons. The van der Waals surface area contributed by atoms with E-state index in [4.69, 9.17) is 8.83 Å². The van der Waals surface area contributed by atoms with Crippen molar-refractivity contribution in [3.8, 4) is 77.9 Å². The molecule has 0 radical (unpaired) electrons. The van der Waals surface area contributed by atoms with Crippen LogP contribution in [0.25, 0.3) is 122 Å². The average Bonchev–Trinajstić information content (AvgIpc) is 1.49. The molecule has 16 aromatic rings. The second-order valence-corrected chi connectivity index (χ2v) is 28.4. The highest BCUT2D eigenvalue weighted by molar-refractivity contribution is 6.21. The fraction of sp³-hybridized carbons (Fsp3) is 0.0870. The number of rotatable bonds is 4. The van der Waals surface area contributed by atoms with Crippen LogP contribution in [0.5, 0.6) is 0 Å². The monoisotopic (exact) mass is 1210 g/mol. The summed E-state index contributed by atoms with van der Waals surface area (Å²) in [6.45, 7) is 9.81. The summed E-state index contributed by atoms with van der Waals surface area (Å²) in [5.41, 5.74) is 38.4. The molecule has 0 fully saturated rings. The van der Waals surface area contributed by atoms with Gasteiger partial charge in [-0.2, -0.15) is 0 Å². The lowest BCUT2D eigenvalue weighted by Gasteiger charge is -2.34. The fourth-order valence-electron chi connectivity index (χ4n) is 19.8. The van der Waals surface area contributed by atoms with Crippen molar-refractivity contribution in [1.29, 1.82) is 0 Å². The molecule has 95 heavy (non-hydrogen) atoms. The van der Waals surface area contributed by atoms with Crippen molar-refractivity contribution >= 4 is 60.9 Å². The van der Waals surface area contributed by atoms with E-state index < -0.39 is 16.2 Å². The SMILES string of the molecule is CC1(C)c2cc(N(c3ccc4c(c3)C3(c5ccccc5-c5ccccc53)c3cc5c(cc3-4)C3(c4ccccc4-c4ccccc43)c3ccc4oc6ccccc6c4c3-5)c3ccccc3-c3ccccc3)ccc2-c2c1c1c(c3c2oc2ccccc23)-c2ccccc2C1(C)C. The van der Waals surface area contributed by atoms with Crippen LogP contribution in [0.1, 0.15) is 94.5 Å². The Morgan fingerprint density at radius 2 is 0.705 bits per heavy atom. The van der Waals surface area contributed by atoms with Crippen LogP contribution >= 0.6 is 0 Å². The molecule has 2 heterocycles. The van der Waals surface area contributed by atoms with Crippen molar-refractivity contribution in [2.45, 2.75) is 49.4 Å². The van der Waals surface area contributed by atoms with E-state index in [0.29, 0.717) is 0 Å². The first-order valence-corrected chi connectivity index (χ1v) is 33.6. The zero-order chi connectivity index (χ0) is 62.6. The summed E-state index contributed by atoms with van der Waals surface area (Å²) >= 11 is 0. The Labute approximate surface area is 550 Å². The molecule has 0 aliphatic heterocycles. The molecule has 0 unspecified atom stereocenters. The third-order valence-corrected chi connectivity index (χ3v) is 23.4. The summed E-state index contributed by atoms with van der Waals surface area (Å²) in [5, 5.41) is 4.69. The zero-order valence-electron chi connectivity index (χ0n) is 52.9. The molecule has 0 N–H and O–H groups in total. The van der Waals surface area contributed by atoms with E-state index in [1.807, 2.05) is 0 Å². The molecule has 2 aromatic heterocycles. The van der Waals surface area contributed by atoms with Crippen LogP contribution < -0.4 is 4.90 Å². The highest BCUT2D eigenvalue weighted by Crippen LogP contribution is 2.70. The lowest BCUT2D eigenvalue weighted by atomic mass is 9.68. The smallest absolute Gasteiger partial charge is 0.144 e. The first-order valence-electron chi connectivity index (χ1n) is 33.6. The van der Waals surface area contributed by atoms with Crippen molar-refractivity contribution in [2.24, 2.45) is 0 Å². The van der Waals surface area contributed by atoms with Gasteiger partial charge in [-0.05, 0) is 194 Å². The summed E-state index contributed by atoms with van der Waals surface area (Å²) in [5.74, 6) is 0. The minimum Gasteiger partial charge on any atom is -0.456 e. The van der Waals surface area contributed by atoms with Crippen LogP contribution in [0.15, 0.2) is 294 Å². The third kappa shape index (κ3) is 6.12. The lowest BCUT2D eigenvalue weighted by Crippen LogP contribution is -2.27. The van der Waals surface area contributed by atoms with Gasteiger partial charge in [0.25, 0.3) is 0 Å². The van der Waals surface area contributed by atoms with Gasteiger partial charge in [0.05, 0.1) is 16.5 Å². The van der Waals surface area contributed by atoms with Crippen molar-refractivity contribution in [1.82, 2.24) is 0 Å². The molecule has 0 saturated heterocycles. The largest absolute Gasteiger partial charge is 0.456 e. The summed E-state index contributed by atoms with van der Waals surface area (Å²) in [6, 6.07) is 108. The standard InChI is InChI=1S/C92H59NO2/c1-89(2)67-34-16-12-31-61(67)83-84-64-33-15-23-41-79(64)95-88(84)85-62-45-43-53(48-73(62)90(3,4)87(85)86(83)89)93(77-39-21-13-26-55(77)52-24-6-5-7-25-52)54-42-44-60-65-50-76-66(51-75(65)92(74(60)49-54)70-37-19-10-29-58(70)59-30-11-20-38-71(59)92)81-72(46-47-80-82(81)63-32-14-22-40-78(63)94-80)91(76)68-35-17-8-27-56(68)57-28-9-18-36-69(57)91/h5-51H,1-4H3. The lowest BCUT2D eigenvalue weighted by molar-refractivity contribution is 0.600. The molecular weight excluding hydrogens is 1150 g/mol. The molecule has 2 spiro atoms. The molecule has 0 atom stereocenters. The van der Waals surface area contributed by atoms with Gasteiger partial charge >= 0.3 is 0 Å². The molecule has 0 saturated carbocycles. The first-order chi connectivity index (χ1) is 46.7. The number of furan rings is 2. The first kappa shape index (κ1) is 52.0. The Bertz CT molecular complexity index is 6090. The van der Waals surface area contributed by atoms with E-state index in [1.165, 1.54) is 144 Å². The summed E-state index contributed by atoms with van der Waals surface area (Å²) in [7, 11) is 0. The van der Waals surface area contributed by atoms with Crippen molar-refractivity contribution in [3.05, 3.63) is 352 Å². The number of nitrogens with zero attached hydrogens (tertiary/aromatic N) is 1. The van der Waals surface area contributed by atoms with Gasteiger partial charge in [-0.3, -0.25) is 0 Å². The number of benzene rings is 14. The normalized spacial score (nSPS) is 15.5. The Hall–Kier alpha value is -11.5. The van der Waals surface area contributed by atoms with Gasteiger partial charge in [0.1, 0.15) is 22.3 Å². The number of para-hydroxylation sites is 3. The summed E-state index contributed by atoms with van der Waals surface area (Å²) in [6.07, 6.45) is 0. The van der Waals surface area contributed by atoms with Gasteiger partial charge < -0.3 is 13.7 Å². The Kier molecular flexibility index (Phi) is 9.74. The molecule has 6 aliphatic carbocycles. The molecule has 6 aliphatic rings. The predicted molar refractivity (Wildman–Crippen MR) is 389 cm³/mol. The maximum Gasteiger partial charge on any atom is 0.144 e. The van der Waals surface area contributed by atoms with Crippen LogP contribution in [0.3, 0.4) is 0 Å². The molecular formula is C92H59NO2. The second-order valence-electron chi connectivity index (χ2n) is 28.4. The number of anilines is 3. The van der Waals surface area contributed by atoms with Crippen LogP contribution in [0.2, 0.25) is 0 Å². The molecule has 3 nitrogen and oxygen atoms in total. The van der Waals surface area contributed by atoms with Crippen LogP contribution in [0, 0.1) is 0 Å². The van der Waals surface area contributed by atoms with Gasteiger partial charge in [0.2, 0.25) is 0 Å². The summed E-state index contributed by atoms with van der Waals surface area (Å²) in [4.78, 5) is 2.57. The maximum absolute atomic E-state index is 7.22. The Morgan fingerprint density at radius 3 is 1.36 bits per heavy atom. The minimum atomic E-state index is -0.703. The molecule has 14 aromatic carbocycles. The molecule has 0 bridgehead atoms. The van der Waals surface area contributed by atoms with Crippen molar-refractivity contribution < 1.29 is 8.83 Å². The van der Waals surface area contributed by atoms with E-state index in [2.05, 4.69) is 318 Å². The maximum atomic E-state index is 7.22. The van der Waals surface area contributed by atoms with E-state index in [1.54, 1.807) is 0 Å². The van der Waals surface area contributed by atoms with Gasteiger partial charge in [-0.25, -0.2) is 0 Å². The van der Waals surface area contributed by atoms with E-state index in [0.717, 1.165) is 61.3 Å². The molecule has 0 amide bonds. The highest BCUT2D eigenvalue weighted by Gasteiger charge is 2.57. The number of hydrogen-bond acceptors (Lipinski definition) is 3. The van der Waals surface area contributed by atoms with E-state index in [-0.39, 0.29) is 5.41 Å². The van der Waals surface area contributed by atoms with Crippen LogP contribution in [0.4, 0.5) is 17.1 Å². The highest BCUT2D eigenvalue weighted by atomic mass is 16.3. The third-order valence-electron chi connectivity index (χ3n) is 23.4. The predicted octanol–water partition coefficient (Wildman–Crippen LogP) is 23.9. The minimum absolute atomic E-state index is 0.267. The molecule has 3 heteroatoms. The average molecular weight is 1210 g/mol. The topological polar surface area (TPSA) is 29.5 Å². The van der Waals surface area contributed by atoms with Gasteiger partial charge in [-0.1, -0.05) is 252 Å². The second kappa shape index (κ2) is 17.8. The van der Waals surface area contributed by atoms with Gasteiger partial charge in [0.15, 0.2) is 0 Å². The van der Waals surface area contributed by atoms with Crippen LogP contribution in [-0.2, 0) is 21.7 Å². The van der Waals surface area contributed by atoms with Crippen molar-refractivity contribution in [2.75, 3.05) is 4.90 Å². The summed E-state index contributed by atoms with van der Waals surface area (Å²) < 4.78 is 14.1. The van der Waals surface area contributed by atoms with Gasteiger partial charge in [-0.15, -0.1) is 0 Å². The fourth-order valence-corrected chi connectivity index (χ4v) is 19.8. The van der Waals surface area contributed by atoms with E-state index >= 15 is 0 Å². The van der Waals surface area contributed by atoms with Crippen molar-refractivity contribution in [3.63, 3.8) is 0 Å². The Balaban J connectivity index is 0.827. The van der Waals surface area contributed by atoms with Crippen LogP contribution in [-0.4, -0.2) is 0 Å². The van der Waals surface area contributed by atoms with Gasteiger partial charge in [0, 0.05) is 54.9 Å². The Morgan fingerprint density at radius 1 is 0.263 bits per heavy atom. The quantitative estimate of drug-likeness (QED) is 0.176. The van der Waals surface area contributed by atoms with E-state index in [9.17, 15) is 0 Å². The number of fused-ring (bicyclic) bond motifs is 36.